The summed E-state index contributed by atoms with van der Waals surface area (Å²) in [5, 5.41) is 2.87. The summed E-state index contributed by atoms with van der Waals surface area (Å²) >= 11 is 0. The fraction of sp³-hybridized carbons (Fsp3) is 0.333. The molecule has 0 radical (unpaired) electrons. The fourth-order valence-corrected chi connectivity index (χ4v) is 3.01. The van der Waals surface area contributed by atoms with E-state index in [9.17, 15) is 9.59 Å². The van der Waals surface area contributed by atoms with Gasteiger partial charge in [0.25, 0.3) is 11.8 Å². The summed E-state index contributed by atoms with van der Waals surface area (Å²) < 4.78 is 5.62. The lowest BCUT2D eigenvalue weighted by Gasteiger charge is -2.16. The molecule has 1 saturated heterocycles. The second kappa shape index (κ2) is 8.52. The zero-order chi connectivity index (χ0) is 18.4. The van der Waals surface area contributed by atoms with E-state index in [1.807, 2.05) is 59.5 Å². The lowest BCUT2D eigenvalue weighted by molar-refractivity contribution is -0.127. The number of hydrogen-bond donors (Lipinski definition) is 1. The molecule has 0 bridgehead atoms. The molecule has 2 amide bonds. The Bertz CT molecular complexity index is 755. The first-order valence-corrected chi connectivity index (χ1v) is 9.01. The van der Waals surface area contributed by atoms with Crippen LogP contribution in [0.15, 0.2) is 54.6 Å². The van der Waals surface area contributed by atoms with Crippen LogP contribution < -0.4 is 10.1 Å². The molecule has 5 nitrogen and oxygen atoms in total. The molecule has 2 aromatic carbocycles. The number of benzene rings is 2. The van der Waals surface area contributed by atoms with Crippen LogP contribution in [0.5, 0.6) is 5.75 Å². The van der Waals surface area contributed by atoms with Gasteiger partial charge in [-0.15, -0.1) is 0 Å². The van der Waals surface area contributed by atoms with Crippen LogP contribution in [0.2, 0.25) is 0 Å². The van der Waals surface area contributed by atoms with Crippen LogP contribution in [0.25, 0.3) is 0 Å². The third-order valence-corrected chi connectivity index (χ3v) is 4.46. The summed E-state index contributed by atoms with van der Waals surface area (Å²) in [4.78, 5) is 26.6. The van der Waals surface area contributed by atoms with Gasteiger partial charge in [-0.3, -0.25) is 9.59 Å². The summed E-state index contributed by atoms with van der Waals surface area (Å²) in [6.07, 6.45) is 1.55. The molecule has 1 fully saturated rings. The highest BCUT2D eigenvalue weighted by molar-refractivity contribution is 5.94. The van der Waals surface area contributed by atoms with Crippen molar-refractivity contribution in [1.82, 2.24) is 10.2 Å². The molecule has 1 unspecified atom stereocenters. The van der Waals surface area contributed by atoms with Crippen molar-refractivity contribution < 1.29 is 14.3 Å². The topological polar surface area (TPSA) is 58.6 Å². The maximum absolute atomic E-state index is 12.5. The van der Waals surface area contributed by atoms with Gasteiger partial charge in [0.1, 0.15) is 5.75 Å². The van der Waals surface area contributed by atoms with Gasteiger partial charge in [0, 0.05) is 25.2 Å². The summed E-state index contributed by atoms with van der Waals surface area (Å²) in [6, 6.07) is 16.7. The SMILES string of the molecule is CC(Oc1ccccc1)C(=O)NCc1cccc(C(=O)N2CCCC2)c1. The van der Waals surface area contributed by atoms with Gasteiger partial charge in [-0.2, -0.15) is 0 Å². The third kappa shape index (κ3) is 4.63. The van der Waals surface area contributed by atoms with Crippen molar-refractivity contribution in [1.29, 1.82) is 0 Å². The molecule has 3 rings (SSSR count). The van der Waals surface area contributed by atoms with Gasteiger partial charge in [-0.1, -0.05) is 30.3 Å². The molecule has 5 heteroatoms. The van der Waals surface area contributed by atoms with E-state index in [2.05, 4.69) is 5.32 Å². The van der Waals surface area contributed by atoms with Crippen molar-refractivity contribution in [2.24, 2.45) is 0 Å². The Kier molecular flexibility index (Phi) is 5.89. The minimum absolute atomic E-state index is 0.0662. The Morgan fingerprint density at radius 2 is 1.81 bits per heavy atom. The van der Waals surface area contributed by atoms with E-state index < -0.39 is 6.10 Å². The predicted molar refractivity (Wildman–Crippen MR) is 100.0 cm³/mol. The molecule has 1 atom stereocenters. The van der Waals surface area contributed by atoms with Gasteiger partial charge in [0.2, 0.25) is 0 Å². The van der Waals surface area contributed by atoms with Crippen LogP contribution in [0.1, 0.15) is 35.7 Å². The molecule has 0 saturated carbocycles. The van der Waals surface area contributed by atoms with Crippen LogP contribution in [0.3, 0.4) is 0 Å². The maximum atomic E-state index is 12.5. The summed E-state index contributed by atoms with van der Waals surface area (Å²) in [7, 11) is 0. The van der Waals surface area contributed by atoms with E-state index in [0.717, 1.165) is 31.5 Å². The Hall–Kier alpha value is -2.82. The fourth-order valence-electron chi connectivity index (χ4n) is 3.01. The van der Waals surface area contributed by atoms with Gasteiger partial charge in [-0.25, -0.2) is 0 Å². The van der Waals surface area contributed by atoms with Crippen molar-refractivity contribution in [2.75, 3.05) is 13.1 Å². The second-order valence-electron chi connectivity index (χ2n) is 6.49. The number of nitrogens with zero attached hydrogens (tertiary/aromatic N) is 1. The highest BCUT2D eigenvalue weighted by Crippen LogP contribution is 2.14. The normalized spacial score (nSPS) is 14.7. The lowest BCUT2D eigenvalue weighted by Crippen LogP contribution is -2.36. The highest BCUT2D eigenvalue weighted by atomic mass is 16.5. The van der Waals surface area contributed by atoms with Crippen LogP contribution in [0.4, 0.5) is 0 Å². The average Bonchev–Trinajstić information content (AvgIpc) is 3.21. The lowest BCUT2D eigenvalue weighted by atomic mass is 10.1. The summed E-state index contributed by atoms with van der Waals surface area (Å²) in [5.74, 6) is 0.537. The molecule has 2 aromatic rings. The van der Waals surface area contributed by atoms with Gasteiger partial charge in [0.05, 0.1) is 0 Å². The van der Waals surface area contributed by atoms with Crippen molar-refractivity contribution in [3.05, 3.63) is 65.7 Å². The third-order valence-electron chi connectivity index (χ3n) is 4.46. The van der Waals surface area contributed by atoms with Crippen molar-refractivity contribution in [3.8, 4) is 5.75 Å². The number of amides is 2. The summed E-state index contributed by atoms with van der Waals surface area (Å²) in [5.41, 5.74) is 1.57. The van der Waals surface area contributed by atoms with Crippen LogP contribution in [-0.2, 0) is 11.3 Å². The van der Waals surface area contributed by atoms with Gasteiger partial charge < -0.3 is 15.0 Å². The maximum Gasteiger partial charge on any atom is 0.261 e. The number of carbonyl (C=O) groups excluding carboxylic acids is 2. The van der Waals surface area contributed by atoms with Crippen LogP contribution in [-0.4, -0.2) is 35.9 Å². The molecular formula is C21H24N2O3. The molecule has 1 heterocycles. The number of ether oxygens (including phenoxy) is 1. The van der Waals surface area contributed by atoms with E-state index in [0.29, 0.717) is 17.9 Å². The van der Waals surface area contributed by atoms with Crippen LogP contribution >= 0.6 is 0 Å². The molecule has 0 aromatic heterocycles. The molecule has 26 heavy (non-hydrogen) atoms. The molecule has 0 aliphatic carbocycles. The number of hydrogen-bond acceptors (Lipinski definition) is 3. The minimum Gasteiger partial charge on any atom is -0.481 e. The van der Waals surface area contributed by atoms with Gasteiger partial charge in [-0.05, 0) is 49.6 Å². The van der Waals surface area contributed by atoms with Crippen molar-refractivity contribution >= 4 is 11.8 Å². The van der Waals surface area contributed by atoms with E-state index in [1.54, 1.807) is 6.92 Å². The zero-order valence-corrected chi connectivity index (χ0v) is 15.0. The molecule has 1 N–H and O–H groups in total. The number of likely N-dealkylation sites (tertiary alicyclic amines) is 1. The Morgan fingerprint density at radius 1 is 1.08 bits per heavy atom. The molecule has 1 aliphatic rings. The molecule has 1 aliphatic heterocycles. The Morgan fingerprint density at radius 3 is 2.54 bits per heavy atom. The minimum atomic E-state index is -0.591. The first-order chi connectivity index (χ1) is 12.6. The zero-order valence-electron chi connectivity index (χ0n) is 15.0. The standard InChI is InChI=1S/C21H24N2O3/c1-16(26-19-10-3-2-4-11-19)20(24)22-15-17-8-7-9-18(14-17)21(25)23-12-5-6-13-23/h2-4,7-11,14,16H,5-6,12-13,15H2,1H3,(H,22,24). The van der Waals surface area contributed by atoms with Crippen molar-refractivity contribution in [2.45, 2.75) is 32.4 Å². The largest absolute Gasteiger partial charge is 0.481 e. The molecule has 136 valence electrons. The van der Waals surface area contributed by atoms with Gasteiger partial charge >= 0.3 is 0 Å². The molecule has 0 spiro atoms. The monoisotopic (exact) mass is 352 g/mol. The number of para-hydroxylation sites is 1. The predicted octanol–water partition coefficient (Wildman–Crippen LogP) is 3.01. The number of nitrogens with one attached hydrogen (secondary N) is 1. The quantitative estimate of drug-likeness (QED) is 0.869. The van der Waals surface area contributed by atoms with Crippen molar-refractivity contribution in [3.63, 3.8) is 0 Å². The Labute approximate surface area is 154 Å². The second-order valence-corrected chi connectivity index (χ2v) is 6.49. The first kappa shape index (κ1) is 18.0. The average molecular weight is 352 g/mol. The van der Waals surface area contributed by atoms with Gasteiger partial charge in [0.15, 0.2) is 6.10 Å². The Balaban J connectivity index is 1.54. The van der Waals surface area contributed by atoms with Crippen LogP contribution in [0, 0.1) is 0 Å². The van der Waals surface area contributed by atoms with E-state index in [1.165, 1.54) is 0 Å². The number of rotatable bonds is 6. The smallest absolute Gasteiger partial charge is 0.261 e. The van der Waals surface area contributed by atoms with E-state index >= 15 is 0 Å². The molecular weight excluding hydrogens is 328 g/mol. The highest BCUT2D eigenvalue weighted by Gasteiger charge is 2.20. The van der Waals surface area contributed by atoms with E-state index in [-0.39, 0.29) is 11.8 Å². The summed E-state index contributed by atoms with van der Waals surface area (Å²) in [6.45, 7) is 3.74. The first-order valence-electron chi connectivity index (χ1n) is 9.01. The van der Waals surface area contributed by atoms with E-state index in [4.69, 9.17) is 4.74 Å². The number of carbonyl (C=O) groups is 2.